The first-order chi connectivity index (χ1) is 13.0. The van der Waals surface area contributed by atoms with Crippen molar-refractivity contribution in [2.24, 2.45) is 0 Å². The molecule has 3 heterocycles. The van der Waals surface area contributed by atoms with Gasteiger partial charge < -0.3 is 4.98 Å². The number of carbonyl (C=O) groups is 1. The van der Waals surface area contributed by atoms with Gasteiger partial charge in [0.15, 0.2) is 16.8 Å². The summed E-state index contributed by atoms with van der Waals surface area (Å²) in [6.07, 6.45) is 4.70. The van der Waals surface area contributed by atoms with Crippen LogP contribution in [0.1, 0.15) is 17.3 Å². The maximum Gasteiger partial charge on any atom is 0.185 e. The van der Waals surface area contributed by atoms with E-state index in [4.69, 9.17) is 23.2 Å². The van der Waals surface area contributed by atoms with Gasteiger partial charge in [-0.3, -0.25) is 14.9 Å². The zero-order valence-corrected chi connectivity index (χ0v) is 16.4. The summed E-state index contributed by atoms with van der Waals surface area (Å²) in [7, 11) is 0. The highest BCUT2D eigenvalue weighted by Gasteiger charge is 2.22. The minimum absolute atomic E-state index is 0.00961. The van der Waals surface area contributed by atoms with Crippen LogP contribution in [0.4, 0.5) is 0 Å². The molecule has 0 spiro atoms. The standard InChI is InChI=1S/C18H13Cl2N5OS/c1-9(16(26)11-6-22-14-5-3-2-4-10(11)14)27-18-23-17(24-25-18)15-12(19)7-21-8-13(15)20/h2-9,22H,1H3,(H,23,24,25). The summed E-state index contributed by atoms with van der Waals surface area (Å²) in [5.41, 5.74) is 2.10. The van der Waals surface area contributed by atoms with Crippen LogP contribution in [-0.4, -0.2) is 36.2 Å². The minimum Gasteiger partial charge on any atom is -0.360 e. The van der Waals surface area contributed by atoms with E-state index in [1.807, 2.05) is 31.2 Å². The predicted molar refractivity (Wildman–Crippen MR) is 108 cm³/mol. The van der Waals surface area contributed by atoms with Crippen molar-refractivity contribution in [3.05, 3.63) is 58.5 Å². The van der Waals surface area contributed by atoms with Crippen LogP contribution in [-0.2, 0) is 0 Å². The summed E-state index contributed by atoms with van der Waals surface area (Å²) < 4.78 is 0. The second kappa shape index (κ2) is 7.34. The molecule has 0 aliphatic carbocycles. The molecular formula is C18H13Cl2N5OS. The number of para-hydroxylation sites is 1. The lowest BCUT2D eigenvalue weighted by Crippen LogP contribution is -2.13. The van der Waals surface area contributed by atoms with Crippen molar-refractivity contribution in [3.8, 4) is 11.4 Å². The van der Waals surface area contributed by atoms with Crippen LogP contribution in [0.15, 0.2) is 48.0 Å². The highest BCUT2D eigenvalue weighted by Crippen LogP contribution is 2.33. The average molecular weight is 418 g/mol. The molecule has 9 heteroatoms. The van der Waals surface area contributed by atoms with E-state index in [2.05, 4.69) is 25.1 Å². The molecule has 1 aromatic carbocycles. The topological polar surface area (TPSA) is 87.3 Å². The van der Waals surface area contributed by atoms with Gasteiger partial charge in [-0.15, -0.1) is 0 Å². The number of aromatic amines is 2. The van der Waals surface area contributed by atoms with Crippen LogP contribution in [0.3, 0.4) is 0 Å². The summed E-state index contributed by atoms with van der Waals surface area (Å²) in [5, 5.41) is 8.78. The number of carbonyl (C=O) groups excluding carboxylic acids is 1. The Bertz CT molecular complexity index is 1120. The molecule has 4 aromatic rings. The van der Waals surface area contributed by atoms with Crippen molar-refractivity contribution in [3.63, 3.8) is 0 Å². The number of nitrogens with one attached hydrogen (secondary N) is 2. The molecule has 4 rings (SSSR count). The van der Waals surface area contributed by atoms with Crippen LogP contribution in [0.5, 0.6) is 0 Å². The van der Waals surface area contributed by atoms with Gasteiger partial charge in [-0.1, -0.05) is 53.2 Å². The molecule has 27 heavy (non-hydrogen) atoms. The number of Topliss-reactive ketones (excluding diaryl/α,β-unsaturated/α-hetero) is 1. The van der Waals surface area contributed by atoms with E-state index >= 15 is 0 Å². The molecule has 136 valence electrons. The van der Waals surface area contributed by atoms with E-state index < -0.39 is 0 Å². The molecule has 2 N–H and O–H groups in total. The molecular weight excluding hydrogens is 405 g/mol. The van der Waals surface area contributed by atoms with Crippen LogP contribution in [0.25, 0.3) is 22.3 Å². The number of benzene rings is 1. The first-order valence-electron chi connectivity index (χ1n) is 8.03. The molecule has 0 aliphatic heterocycles. The van der Waals surface area contributed by atoms with Crippen molar-refractivity contribution in [1.82, 2.24) is 25.1 Å². The number of aromatic nitrogens is 5. The summed E-state index contributed by atoms with van der Waals surface area (Å²) in [6.45, 7) is 1.84. The molecule has 0 amide bonds. The maximum absolute atomic E-state index is 12.9. The molecule has 0 bridgehead atoms. The molecule has 1 unspecified atom stereocenters. The number of hydrogen-bond acceptors (Lipinski definition) is 5. The van der Waals surface area contributed by atoms with E-state index in [1.165, 1.54) is 24.2 Å². The lowest BCUT2D eigenvalue weighted by atomic mass is 10.1. The molecule has 0 fully saturated rings. The van der Waals surface area contributed by atoms with Crippen molar-refractivity contribution < 1.29 is 4.79 Å². The number of rotatable bonds is 5. The summed E-state index contributed by atoms with van der Waals surface area (Å²) in [6, 6.07) is 7.71. The number of fused-ring (bicyclic) bond motifs is 1. The lowest BCUT2D eigenvalue weighted by Gasteiger charge is -2.07. The number of thioether (sulfide) groups is 1. The number of pyridine rings is 1. The van der Waals surface area contributed by atoms with Gasteiger partial charge in [0.1, 0.15) is 0 Å². The monoisotopic (exact) mass is 417 g/mol. The van der Waals surface area contributed by atoms with E-state index in [1.54, 1.807) is 6.20 Å². The second-order valence-corrected chi connectivity index (χ2v) is 7.96. The highest BCUT2D eigenvalue weighted by molar-refractivity contribution is 8.00. The number of H-pyrrole nitrogens is 2. The normalized spacial score (nSPS) is 12.4. The Morgan fingerprint density at radius 2 is 1.93 bits per heavy atom. The van der Waals surface area contributed by atoms with Crippen LogP contribution >= 0.6 is 35.0 Å². The largest absolute Gasteiger partial charge is 0.360 e. The van der Waals surface area contributed by atoms with Gasteiger partial charge in [-0.25, -0.2) is 4.98 Å². The van der Waals surface area contributed by atoms with E-state index in [0.29, 0.717) is 32.2 Å². The van der Waals surface area contributed by atoms with Crippen LogP contribution in [0.2, 0.25) is 10.0 Å². The summed E-state index contributed by atoms with van der Waals surface area (Å²) in [5.74, 6) is 0.372. The molecule has 0 radical (unpaired) electrons. The number of nitrogens with zero attached hydrogens (tertiary/aromatic N) is 3. The Hall–Kier alpha value is -2.35. The van der Waals surface area contributed by atoms with Crippen molar-refractivity contribution in [2.45, 2.75) is 17.3 Å². The van der Waals surface area contributed by atoms with Crippen molar-refractivity contribution >= 4 is 51.6 Å². The first-order valence-corrected chi connectivity index (χ1v) is 9.67. The molecule has 6 nitrogen and oxygen atoms in total. The van der Waals surface area contributed by atoms with Gasteiger partial charge in [-0.2, -0.15) is 5.10 Å². The Morgan fingerprint density at radius 3 is 2.70 bits per heavy atom. The fourth-order valence-electron chi connectivity index (χ4n) is 2.75. The highest BCUT2D eigenvalue weighted by atomic mass is 35.5. The third-order valence-electron chi connectivity index (χ3n) is 4.05. The van der Waals surface area contributed by atoms with Crippen molar-refractivity contribution in [1.29, 1.82) is 0 Å². The third kappa shape index (κ3) is 3.45. The van der Waals surface area contributed by atoms with E-state index in [-0.39, 0.29) is 11.0 Å². The quantitative estimate of drug-likeness (QED) is 0.351. The van der Waals surface area contributed by atoms with Gasteiger partial charge in [0.25, 0.3) is 0 Å². The molecule has 0 aliphatic rings. The summed E-state index contributed by atoms with van der Waals surface area (Å²) in [4.78, 5) is 24.3. The SMILES string of the molecule is CC(Sc1nc(-c2c(Cl)cncc2Cl)n[nH]1)C(=O)c1c[nH]c2ccccc12. The van der Waals surface area contributed by atoms with Crippen molar-refractivity contribution in [2.75, 3.05) is 0 Å². The third-order valence-corrected chi connectivity index (χ3v) is 5.60. The summed E-state index contributed by atoms with van der Waals surface area (Å²) >= 11 is 13.6. The van der Waals surface area contributed by atoms with Gasteiger partial charge in [0, 0.05) is 35.1 Å². The Balaban J connectivity index is 1.56. The molecule has 1 atom stereocenters. The van der Waals surface area contributed by atoms with Gasteiger partial charge >= 0.3 is 0 Å². The fourth-order valence-corrected chi connectivity index (χ4v) is 4.09. The van der Waals surface area contributed by atoms with E-state index in [0.717, 1.165) is 10.9 Å². The Kier molecular flexibility index (Phi) is 4.90. The number of hydrogen-bond donors (Lipinski definition) is 2. The van der Waals surface area contributed by atoms with Gasteiger partial charge in [0.05, 0.1) is 20.9 Å². The minimum atomic E-state index is -0.353. The number of ketones is 1. The average Bonchev–Trinajstić information content (AvgIpc) is 3.28. The molecule has 0 saturated carbocycles. The molecule has 3 aromatic heterocycles. The predicted octanol–water partition coefficient (Wildman–Crippen LogP) is 5.02. The maximum atomic E-state index is 12.9. The lowest BCUT2D eigenvalue weighted by molar-refractivity contribution is 0.0995. The zero-order valence-electron chi connectivity index (χ0n) is 14.0. The molecule has 0 saturated heterocycles. The first kappa shape index (κ1) is 18.0. The smallest absolute Gasteiger partial charge is 0.185 e. The fraction of sp³-hybridized carbons (Fsp3) is 0.111. The van der Waals surface area contributed by atoms with E-state index in [9.17, 15) is 4.79 Å². The van der Waals surface area contributed by atoms with Crippen LogP contribution < -0.4 is 0 Å². The van der Waals surface area contributed by atoms with Gasteiger partial charge in [0.2, 0.25) is 0 Å². The Labute approximate surface area is 168 Å². The van der Waals surface area contributed by atoms with Crippen LogP contribution in [0, 0.1) is 0 Å². The number of halogens is 2. The zero-order chi connectivity index (χ0) is 19.0. The second-order valence-electron chi connectivity index (χ2n) is 5.81. The Morgan fingerprint density at radius 1 is 1.19 bits per heavy atom. The van der Waals surface area contributed by atoms with Gasteiger partial charge in [-0.05, 0) is 13.0 Å².